The van der Waals surface area contributed by atoms with E-state index in [0.717, 1.165) is 5.75 Å². The van der Waals surface area contributed by atoms with Crippen molar-refractivity contribution < 1.29 is 0 Å². The van der Waals surface area contributed by atoms with Crippen LogP contribution in [0.4, 0.5) is 0 Å². The molecule has 0 saturated heterocycles. The number of hydrogen-bond acceptors (Lipinski definition) is 1. The molecule has 0 aliphatic carbocycles. The van der Waals surface area contributed by atoms with E-state index in [1.54, 1.807) is 6.08 Å². The van der Waals surface area contributed by atoms with Gasteiger partial charge >= 0.3 is 0 Å². The first-order chi connectivity index (χ1) is 2.91. The van der Waals surface area contributed by atoms with Gasteiger partial charge in [0.15, 0.2) is 0 Å². The molecule has 0 bridgehead atoms. The first-order valence-electron chi connectivity index (χ1n) is 1.60. The van der Waals surface area contributed by atoms with Crippen molar-refractivity contribution in [1.29, 1.82) is 0 Å². The number of nitrogens with two attached hydrogens (primary N) is 1. The third kappa shape index (κ3) is 3.54. The van der Waals surface area contributed by atoms with Gasteiger partial charge in [-0.3, -0.25) is 0 Å². The molecule has 0 rings (SSSR count). The summed E-state index contributed by atoms with van der Waals surface area (Å²) >= 11 is 1.26. The lowest BCUT2D eigenvalue weighted by Gasteiger charge is -1.67. The van der Waals surface area contributed by atoms with Crippen LogP contribution in [-0.4, -0.2) is 5.75 Å². The second-order valence-electron chi connectivity index (χ2n) is 0.761. The summed E-state index contributed by atoms with van der Waals surface area (Å²) in [6.07, 6.45) is 3.28. The highest BCUT2D eigenvalue weighted by Gasteiger charge is 1.57. The molecule has 0 amide bonds. The second-order valence-corrected chi connectivity index (χ2v) is 1.43. The average Bonchev–Trinajstić information content (AvgIpc) is 1.61. The van der Waals surface area contributed by atoms with Gasteiger partial charge in [0.25, 0.3) is 0 Å². The summed E-state index contributed by atoms with van der Waals surface area (Å²) in [6.45, 7) is 0. The molecule has 0 heterocycles. The molecule has 0 atom stereocenters. The zero-order chi connectivity index (χ0) is 4.83. The lowest BCUT2D eigenvalue weighted by molar-refractivity contribution is 1.56. The predicted molar refractivity (Wildman–Crippen MR) is 30.7 cm³/mol. The molecule has 0 spiro atoms. The van der Waals surface area contributed by atoms with Crippen molar-refractivity contribution in [1.82, 2.24) is 0 Å². The minimum absolute atomic E-state index is 0.802. The van der Waals surface area contributed by atoms with Gasteiger partial charge in [-0.2, -0.15) is 0 Å². The van der Waals surface area contributed by atoms with Crippen molar-refractivity contribution in [3.8, 4) is 5.69 Å². The van der Waals surface area contributed by atoms with Crippen LogP contribution in [0.15, 0.2) is 12.3 Å². The Hall–Kier alpha value is -0.460. The van der Waals surface area contributed by atoms with Crippen molar-refractivity contribution in [2.45, 2.75) is 0 Å². The predicted octanol–water partition coefficient (Wildman–Crippen LogP) is 0.781. The normalized spacial score (nSPS) is 9.17. The monoisotopic (exact) mass is 101 g/mol. The summed E-state index contributed by atoms with van der Waals surface area (Å²) in [4.78, 5) is 0. The van der Waals surface area contributed by atoms with Crippen LogP contribution in [0.25, 0.3) is 0 Å². The van der Waals surface area contributed by atoms with Gasteiger partial charge in [-0.25, -0.2) is 0 Å². The van der Waals surface area contributed by atoms with E-state index in [9.17, 15) is 0 Å². The van der Waals surface area contributed by atoms with E-state index in [1.165, 1.54) is 17.4 Å². The highest BCUT2D eigenvalue weighted by Crippen LogP contribution is 1.75. The van der Waals surface area contributed by atoms with Crippen LogP contribution >= 0.6 is 11.2 Å². The van der Waals surface area contributed by atoms with Gasteiger partial charge in [-0.05, 0) is 6.20 Å². The standard InChI is InChI=1S/C4H7NS/c1-6-4-2-3-5/h1-3H,4-5H2/b3-2-. The van der Waals surface area contributed by atoms with Gasteiger partial charge < -0.3 is 5.73 Å². The highest BCUT2D eigenvalue weighted by molar-refractivity contribution is 7.88. The number of hydrogen-bond donors (Lipinski definition) is 1. The molecule has 0 saturated carbocycles. The molecular weight excluding hydrogens is 94.1 g/mol. The molecule has 0 aromatic rings. The smallest absolute Gasteiger partial charge is 0.0373 e. The van der Waals surface area contributed by atoms with Gasteiger partial charge in [-0.1, -0.05) is 6.08 Å². The Morgan fingerprint density at radius 2 is 2.50 bits per heavy atom. The Kier molecular flexibility index (Phi) is 4.19. The van der Waals surface area contributed by atoms with Crippen molar-refractivity contribution in [2.75, 3.05) is 5.75 Å². The lowest BCUT2D eigenvalue weighted by Crippen LogP contribution is -1.74. The topological polar surface area (TPSA) is 26.0 Å². The fourth-order valence-corrected chi connectivity index (χ4v) is 0.333. The minimum atomic E-state index is 0.802. The molecule has 0 aromatic carbocycles. The molecule has 2 heteroatoms. The van der Waals surface area contributed by atoms with Crippen molar-refractivity contribution in [2.24, 2.45) is 5.73 Å². The first-order valence-corrected chi connectivity index (χ1v) is 2.65. The molecule has 2 N–H and O–H groups in total. The SMILES string of the molecule is C#SC/C=C\N. The summed E-state index contributed by atoms with van der Waals surface area (Å²) in [5, 5.41) is 0. The van der Waals surface area contributed by atoms with E-state index >= 15 is 0 Å². The fourth-order valence-electron chi connectivity index (χ4n) is 0.111. The zero-order valence-electron chi connectivity index (χ0n) is 3.42. The van der Waals surface area contributed by atoms with Crippen molar-refractivity contribution >= 4 is 11.2 Å². The molecule has 6 heavy (non-hydrogen) atoms. The van der Waals surface area contributed by atoms with E-state index in [4.69, 9.17) is 11.4 Å². The summed E-state index contributed by atoms with van der Waals surface area (Å²) in [7, 11) is 0. The molecule has 0 radical (unpaired) electrons. The van der Waals surface area contributed by atoms with Crippen LogP contribution in [0.2, 0.25) is 0 Å². The Morgan fingerprint density at radius 1 is 1.83 bits per heavy atom. The fraction of sp³-hybridized carbons (Fsp3) is 0.250. The van der Waals surface area contributed by atoms with Crippen molar-refractivity contribution in [3.63, 3.8) is 0 Å². The highest BCUT2D eigenvalue weighted by atomic mass is 32.1. The molecule has 34 valence electrons. The Balaban J connectivity index is 2.92. The van der Waals surface area contributed by atoms with Crippen LogP contribution in [0, 0.1) is 5.69 Å². The molecule has 0 unspecified atom stereocenters. The molecule has 0 aliphatic rings. The molecule has 0 aromatic heterocycles. The van der Waals surface area contributed by atoms with E-state index in [2.05, 4.69) is 0 Å². The largest absolute Gasteiger partial charge is 0.405 e. The maximum Gasteiger partial charge on any atom is 0.0373 e. The third-order valence-corrected chi connectivity index (χ3v) is 0.713. The Bertz CT molecular complexity index is 80.0. The summed E-state index contributed by atoms with van der Waals surface area (Å²) in [5.74, 6) is 0.802. The van der Waals surface area contributed by atoms with Crippen LogP contribution < -0.4 is 5.73 Å². The van der Waals surface area contributed by atoms with Gasteiger partial charge in [0, 0.05) is 5.75 Å². The Labute approximate surface area is 41.4 Å². The van der Waals surface area contributed by atoms with E-state index in [-0.39, 0.29) is 0 Å². The van der Waals surface area contributed by atoms with Gasteiger partial charge in [0.1, 0.15) is 0 Å². The first kappa shape index (κ1) is 5.54. The van der Waals surface area contributed by atoms with Crippen LogP contribution in [0.3, 0.4) is 0 Å². The maximum absolute atomic E-state index is 5.02. The van der Waals surface area contributed by atoms with Crippen LogP contribution in [-0.2, 0) is 0 Å². The van der Waals surface area contributed by atoms with E-state index < -0.39 is 0 Å². The quantitative estimate of drug-likeness (QED) is 0.519. The van der Waals surface area contributed by atoms with E-state index in [0.29, 0.717) is 0 Å². The summed E-state index contributed by atoms with van der Waals surface area (Å²) in [5.41, 5.74) is 9.99. The molecule has 0 aliphatic heterocycles. The molecule has 1 nitrogen and oxygen atoms in total. The minimum Gasteiger partial charge on any atom is -0.405 e. The average molecular weight is 101 g/mol. The Morgan fingerprint density at radius 3 is 2.67 bits per heavy atom. The van der Waals surface area contributed by atoms with Gasteiger partial charge in [0.05, 0.1) is 0 Å². The lowest BCUT2D eigenvalue weighted by atomic mass is 10.7. The number of rotatable bonds is 1. The zero-order valence-corrected chi connectivity index (χ0v) is 4.24. The molecule has 0 fully saturated rings. The molecular formula is C4H7NS. The van der Waals surface area contributed by atoms with Crippen LogP contribution in [0.1, 0.15) is 0 Å². The van der Waals surface area contributed by atoms with Crippen LogP contribution in [0.5, 0.6) is 0 Å². The summed E-state index contributed by atoms with van der Waals surface area (Å²) in [6, 6.07) is 0. The van der Waals surface area contributed by atoms with E-state index in [1.807, 2.05) is 0 Å². The summed E-state index contributed by atoms with van der Waals surface area (Å²) < 4.78 is 0. The second kappa shape index (κ2) is 4.54. The van der Waals surface area contributed by atoms with Gasteiger partial charge in [-0.15, -0.1) is 16.9 Å². The van der Waals surface area contributed by atoms with Gasteiger partial charge in [0.2, 0.25) is 0 Å². The third-order valence-electron chi connectivity index (χ3n) is 0.329. The van der Waals surface area contributed by atoms with Crippen molar-refractivity contribution in [3.05, 3.63) is 12.3 Å². The maximum atomic E-state index is 5.02.